The van der Waals surface area contributed by atoms with Crippen molar-refractivity contribution >= 4 is 23.9 Å². The van der Waals surface area contributed by atoms with Crippen LogP contribution < -0.4 is 16.0 Å². The van der Waals surface area contributed by atoms with E-state index in [0.717, 1.165) is 5.56 Å². The first-order chi connectivity index (χ1) is 18.3. The molecule has 0 saturated heterocycles. The average Bonchev–Trinajstić information content (AvgIpc) is 2.90. The number of allylic oxidation sites excluding steroid dienone is 1. The van der Waals surface area contributed by atoms with Gasteiger partial charge in [0.05, 0.1) is 31.8 Å². The van der Waals surface area contributed by atoms with Crippen molar-refractivity contribution in [3.05, 3.63) is 48.0 Å². The van der Waals surface area contributed by atoms with E-state index in [1.165, 1.54) is 0 Å². The SMILES string of the molecule is CC(C)[C@H]1COC(=O)[C@H](NC(=O)OCc2ccccc2)CC=CC[C@H](CC(=O)NCCOCCO)C(=O)N1. The fourth-order valence-electron chi connectivity index (χ4n) is 3.60. The molecule has 210 valence electrons. The molecule has 11 heteroatoms. The fraction of sp³-hybridized carbons (Fsp3) is 0.556. The number of ether oxygens (including phenoxy) is 3. The highest BCUT2D eigenvalue weighted by atomic mass is 16.6. The number of alkyl carbamates (subject to hydrolysis) is 1. The van der Waals surface area contributed by atoms with Gasteiger partial charge < -0.3 is 35.3 Å². The molecule has 4 N–H and O–H groups in total. The third-order valence-corrected chi connectivity index (χ3v) is 5.89. The van der Waals surface area contributed by atoms with Crippen molar-refractivity contribution in [2.24, 2.45) is 11.8 Å². The smallest absolute Gasteiger partial charge is 0.408 e. The van der Waals surface area contributed by atoms with Gasteiger partial charge in [-0.15, -0.1) is 0 Å². The zero-order valence-electron chi connectivity index (χ0n) is 22.0. The molecule has 2 rings (SSSR count). The van der Waals surface area contributed by atoms with Gasteiger partial charge in [-0.3, -0.25) is 9.59 Å². The summed E-state index contributed by atoms with van der Waals surface area (Å²) in [6, 6.07) is 7.72. The number of esters is 1. The largest absolute Gasteiger partial charge is 0.462 e. The summed E-state index contributed by atoms with van der Waals surface area (Å²) >= 11 is 0. The highest BCUT2D eigenvalue weighted by Crippen LogP contribution is 2.15. The van der Waals surface area contributed by atoms with E-state index in [2.05, 4.69) is 16.0 Å². The van der Waals surface area contributed by atoms with Crippen molar-refractivity contribution in [1.29, 1.82) is 0 Å². The number of aliphatic hydroxyl groups is 1. The van der Waals surface area contributed by atoms with Crippen LogP contribution in [0.5, 0.6) is 0 Å². The molecule has 1 aliphatic rings. The Morgan fingerprint density at radius 2 is 1.87 bits per heavy atom. The van der Waals surface area contributed by atoms with E-state index >= 15 is 0 Å². The standard InChI is InChI=1S/C27H39N3O8/c1-19(2)23-18-37-26(34)22(30-27(35)38-17-20-8-4-3-5-9-20)11-7-6-10-21(25(33)29-23)16-24(32)28-12-14-36-15-13-31/h3-9,19,21-23,31H,10-18H2,1-2H3,(H,28,32)(H,29,33)(H,30,35)/t21-,22-,23-/m1/s1. The van der Waals surface area contributed by atoms with Gasteiger partial charge in [0.25, 0.3) is 0 Å². The molecule has 0 saturated carbocycles. The minimum atomic E-state index is -0.974. The van der Waals surface area contributed by atoms with E-state index in [1.54, 1.807) is 12.2 Å². The topological polar surface area (TPSA) is 152 Å². The van der Waals surface area contributed by atoms with Crippen LogP contribution in [0.3, 0.4) is 0 Å². The lowest BCUT2D eigenvalue weighted by molar-refractivity contribution is -0.148. The van der Waals surface area contributed by atoms with Crippen LogP contribution in [-0.4, -0.2) is 74.0 Å². The summed E-state index contributed by atoms with van der Waals surface area (Å²) in [6.07, 6.45) is 3.01. The van der Waals surface area contributed by atoms with Crippen LogP contribution in [0, 0.1) is 11.8 Å². The van der Waals surface area contributed by atoms with Crippen LogP contribution in [0.25, 0.3) is 0 Å². The summed E-state index contributed by atoms with van der Waals surface area (Å²) in [6.45, 7) is 4.36. The summed E-state index contributed by atoms with van der Waals surface area (Å²) in [5, 5.41) is 16.9. The van der Waals surface area contributed by atoms with Gasteiger partial charge in [-0.1, -0.05) is 56.3 Å². The van der Waals surface area contributed by atoms with Crippen LogP contribution in [0.4, 0.5) is 4.79 Å². The molecule has 1 heterocycles. The second kappa shape index (κ2) is 17.1. The Morgan fingerprint density at radius 3 is 2.58 bits per heavy atom. The van der Waals surface area contributed by atoms with E-state index in [0.29, 0.717) is 0 Å². The van der Waals surface area contributed by atoms with Crippen molar-refractivity contribution in [1.82, 2.24) is 16.0 Å². The number of hydrogen-bond donors (Lipinski definition) is 4. The molecular weight excluding hydrogens is 494 g/mol. The number of benzene rings is 1. The minimum absolute atomic E-state index is 0.0335. The molecule has 0 unspecified atom stereocenters. The van der Waals surface area contributed by atoms with Gasteiger partial charge >= 0.3 is 12.1 Å². The number of rotatable bonds is 11. The molecular formula is C27H39N3O8. The van der Waals surface area contributed by atoms with Crippen LogP contribution in [0.1, 0.15) is 38.7 Å². The average molecular weight is 534 g/mol. The Bertz CT molecular complexity index is 922. The van der Waals surface area contributed by atoms with Crippen molar-refractivity contribution < 1.29 is 38.5 Å². The lowest BCUT2D eigenvalue weighted by Crippen LogP contribution is -2.48. The maximum atomic E-state index is 13.0. The van der Waals surface area contributed by atoms with E-state index in [4.69, 9.17) is 19.3 Å². The number of nitrogens with one attached hydrogen (secondary N) is 3. The number of amides is 3. The number of aliphatic hydroxyl groups excluding tert-OH is 1. The third kappa shape index (κ3) is 11.7. The molecule has 0 aromatic heterocycles. The highest BCUT2D eigenvalue weighted by Gasteiger charge is 2.28. The molecule has 0 fully saturated rings. The summed E-state index contributed by atoms with van der Waals surface area (Å²) in [5.41, 5.74) is 0.812. The Morgan fingerprint density at radius 1 is 1.13 bits per heavy atom. The Labute approximate surface area is 223 Å². The first-order valence-corrected chi connectivity index (χ1v) is 12.8. The van der Waals surface area contributed by atoms with Gasteiger partial charge in [0.1, 0.15) is 19.3 Å². The maximum absolute atomic E-state index is 13.0. The third-order valence-electron chi connectivity index (χ3n) is 5.89. The van der Waals surface area contributed by atoms with Crippen LogP contribution in [0.15, 0.2) is 42.5 Å². The Kier molecular flexibility index (Phi) is 13.9. The van der Waals surface area contributed by atoms with Gasteiger partial charge in [-0.05, 0) is 24.3 Å². The van der Waals surface area contributed by atoms with E-state index in [1.807, 2.05) is 44.2 Å². The summed E-state index contributed by atoms with van der Waals surface area (Å²) in [5.74, 6) is -1.93. The lowest BCUT2D eigenvalue weighted by Gasteiger charge is -2.26. The number of carbonyl (C=O) groups is 4. The van der Waals surface area contributed by atoms with Gasteiger partial charge in [0, 0.05) is 13.0 Å². The maximum Gasteiger partial charge on any atom is 0.408 e. The molecule has 3 amide bonds. The molecule has 1 aliphatic heterocycles. The number of hydrogen-bond acceptors (Lipinski definition) is 8. The first-order valence-electron chi connectivity index (χ1n) is 12.8. The minimum Gasteiger partial charge on any atom is -0.462 e. The normalized spacial score (nSPS) is 20.5. The van der Waals surface area contributed by atoms with Gasteiger partial charge in [0.15, 0.2) is 0 Å². The highest BCUT2D eigenvalue weighted by molar-refractivity contribution is 5.86. The van der Waals surface area contributed by atoms with Crippen LogP contribution in [0.2, 0.25) is 0 Å². The first kappa shape index (κ1) is 30.8. The van der Waals surface area contributed by atoms with Crippen molar-refractivity contribution in [2.45, 2.75) is 51.8 Å². The summed E-state index contributed by atoms with van der Waals surface area (Å²) in [7, 11) is 0. The molecule has 1 aromatic rings. The van der Waals surface area contributed by atoms with Gasteiger partial charge in [0.2, 0.25) is 11.8 Å². The second-order valence-corrected chi connectivity index (χ2v) is 9.28. The molecule has 0 spiro atoms. The van der Waals surface area contributed by atoms with Crippen LogP contribution >= 0.6 is 0 Å². The van der Waals surface area contributed by atoms with Crippen molar-refractivity contribution in [3.8, 4) is 0 Å². The molecule has 3 atom stereocenters. The zero-order valence-corrected chi connectivity index (χ0v) is 22.0. The van der Waals surface area contributed by atoms with Crippen molar-refractivity contribution in [3.63, 3.8) is 0 Å². The molecule has 0 radical (unpaired) electrons. The number of carbonyl (C=O) groups excluding carboxylic acids is 4. The van der Waals surface area contributed by atoms with Crippen LogP contribution in [-0.2, 0) is 35.2 Å². The quantitative estimate of drug-likeness (QED) is 0.189. The Balaban J connectivity index is 2.02. The van der Waals surface area contributed by atoms with E-state index in [9.17, 15) is 19.2 Å². The number of cyclic esters (lactones) is 1. The Hall–Kier alpha value is -3.44. The second-order valence-electron chi connectivity index (χ2n) is 9.28. The predicted octanol–water partition coefficient (Wildman–Crippen LogP) is 1.45. The van der Waals surface area contributed by atoms with Gasteiger partial charge in [-0.2, -0.15) is 0 Å². The lowest BCUT2D eigenvalue weighted by atomic mass is 9.96. The van der Waals surface area contributed by atoms with E-state index in [-0.39, 0.29) is 76.6 Å². The summed E-state index contributed by atoms with van der Waals surface area (Å²) < 4.78 is 15.8. The molecule has 1 aromatic carbocycles. The molecule has 0 aliphatic carbocycles. The van der Waals surface area contributed by atoms with Gasteiger partial charge in [-0.25, -0.2) is 9.59 Å². The van der Waals surface area contributed by atoms with E-state index < -0.39 is 30.1 Å². The molecule has 11 nitrogen and oxygen atoms in total. The predicted molar refractivity (Wildman–Crippen MR) is 139 cm³/mol. The van der Waals surface area contributed by atoms with Crippen molar-refractivity contribution in [2.75, 3.05) is 33.0 Å². The summed E-state index contributed by atoms with van der Waals surface area (Å²) in [4.78, 5) is 50.5. The monoisotopic (exact) mass is 533 g/mol. The molecule has 38 heavy (non-hydrogen) atoms. The molecule has 0 bridgehead atoms. The zero-order chi connectivity index (χ0) is 27.8. The fourth-order valence-corrected chi connectivity index (χ4v) is 3.60.